The van der Waals surface area contributed by atoms with Gasteiger partial charge in [0.25, 0.3) is 0 Å². The molecule has 0 heterocycles. The van der Waals surface area contributed by atoms with Crippen molar-refractivity contribution >= 4 is 5.97 Å². The van der Waals surface area contributed by atoms with Gasteiger partial charge in [0.15, 0.2) is 0 Å². The molecule has 0 saturated carbocycles. The maximum Gasteiger partial charge on any atom is 0.311 e. The normalized spacial score (nSPS) is 12.5. The molecule has 4 heteroatoms. The standard InChI is InChI=1S/C11H12F2O2/c1-3-7(11(14)15)9-8(12)5-4-6(2)10(9)13/h4-5,7H,3H2,1-2H3,(H,14,15). The van der Waals surface area contributed by atoms with Gasteiger partial charge in [0.05, 0.1) is 5.92 Å². The van der Waals surface area contributed by atoms with Gasteiger partial charge in [-0.3, -0.25) is 4.79 Å². The quantitative estimate of drug-likeness (QED) is 0.840. The molecule has 1 aromatic carbocycles. The lowest BCUT2D eigenvalue weighted by Crippen LogP contribution is -2.14. The fraction of sp³-hybridized carbons (Fsp3) is 0.364. The van der Waals surface area contributed by atoms with E-state index in [1.54, 1.807) is 6.92 Å². The van der Waals surface area contributed by atoms with Gasteiger partial charge in [-0.15, -0.1) is 0 Å². The molecule has 0 aliphatic heterocycles. The Balaban J connectivity index is 3.34. The molecule has 0 bridgehead atoms. The lowest BCUT2D eigenvalue weighted by atomic mass is 9.94. The Morgan fingerprint density at radius 1 is 1.47 bits per heavy atom. The lowest BCUT2D eigenvalue weighted by Gasteiger charge is -2.13. The summed E-state index contributed by atoms with van der Waals surface area (Å²) >= 11 is 0. The molecule has 0 aliphatic carbocycles. The average Bonchev–Trinajstić information content (AvgIpc) is 2.18. The number of hydrogen-bond acceptors (Lipinski definition) is 1. The zero-order valence-corrected chi connectivity index (χ0v) is 8.55. The molecule has 0 saturated heterocycles. The van der Waals surface area contributed by atoms with Crippen LogP contribution in [0.3, 0.4) is 0 Å². The molecule has 82 valence electrons. The van der Waals surface area contributed by atoms with E-state index in [0.29, 0.717) is 0 Å². The number of aliphatic carboxylic acids is 1. The summed E-state index contributed by atoms with van der Waals surface area (Å²) in [6.07, 6.45) is 0.159. The molecule has 0 amide bonds. The Bertz CT molecular complexity index is 388. The summed E-state index contributed by atoms with van der Waals surface area (Å²) in [4.78, 5) is 10.8. The lowest BCUT2D eigenvalue weighted by molar-refractivity contribution is -0.139. The van der Waals surface area contributed by atoms with Crippen molar-refractivity contribution < 1.29 is 18.7 Å². The van der Waals surface area contributed by atoms with Gasteiger partial charge in [-0.05, 0) is 25.0 Å². The summed E-state index contributed by atoms with van der Waals surface area (Å²) in [6.45, 7) is 3.06. The summed E-state index contributed by atoms with van der Waals surface area (Å²) in [5.41, 5.74) is -0.0869. The first-order valence-electron chi connectivity index (χ1n) is 4.66. The highest BCUT2D eigenvalue weighted by Crippen LogP contribution is 2.27. The first-order valence-corrected chi connectivity index (χ1v) is 4.66. The second-order valence-corrected chi connectivity index (χ2v) is 3.39. The van der Waals surface area contributed by atoms with E-state index < -0.39 is 23.5 Å². The number of carboxylic acids is 1. The van der Waals surface area contributed by atoms with E-state index in [1.807, 2.05) is 0 Å². The van der Waals surface area contributed by atoms with Crippen LogP contribution in [-0.2, 0) is 4.79 Å². The molecule has 0 aliphatic rings. The van der Waals surface area contributed by atoms with Crippen LogP contribution in [-0.4, -0.2) is 11.1 Å². The van der Waals surface area contributed by atoms with Gasteiger partial charge in [0.2, 0.25) is 0 Å². The molecule has 1 unspecified atom stereocenters. The van der Waals surface area contributed by atoms with E-state index in [4.69, 9.17) is 5.11 Å². The molecule has 0 aromatic heterocycles. The Morgan fingerprint density at radius 3 is 2.53 bits per heavy atom. The van der Waals surface area contributed by atoms with E-state index in [9.17, 15) is 13.6 Å². The van der Waals surface area contributed by atoms with Gasteiger partial charge in [-0.1, -0.05) is 13.0 Å². The fourth-order valence-corrected chi connectivity index (χ4v) is 1.50. The minimum atomic E-state index is -1.21. The molecule has 1 rings (SSSR count). The number of benzene rings is 1. The number of carbonyl (C=O) groups is 1. The molecular weight excluding hydrogens is 202 g/mol. The van der Waals surface area contributed by atoms with Crippen molar-refractivity contribution in [1.82, 2.24) is 0 Å². The fourth-order valence-electron chi connectivity index (χ4n) is 1.50. The predicted octanol–water partition coefficient (Wildman–Crippen LogP) is 2.85. The van der Waals surface area contributed by atoms with Gasteiger partial charge in [0.1, 0.15) is 11.6 Å². The molecule has 1 atom stereocenters. The van der Waals surface area contributed by atoms with Gasteiger partial charge in [-0.2, -0.15) is 0 Å². The van der Waals surface area contributed by atoms with Crippen LogP contribution < -0.4 is 0 Å². The summed E-state index contributed by atoms with van der Waals surface area (Å²) < 4.78 is 26.9. The summed E-state index contributed by atoms with van der Waals surface area (Å²) in [7, 11) is 0. The summed E-state index contributed by atoms with van der Waals surface area (Å²) in [5, 5.41) is 8.83. The number of carboxylic acid groups (broad SMARTS) is 1. The Hall–Kier alpha value is -1.45. The van der Waals surface area contributed by atoms with E-state index in [0.717, 1.165) is 6.07 Å². The van der Waals surface area contributed by atoms with Crippen LogP contribution >= 0.6 is 0 Å². The van der Waals surface area contributed by atoms with Crippen LogP contribution in [0.15, 0.2) is 12.1 Å². The van der Waals surface area contributed by atoms with Gasteiger partial charge < -0.3 is 5.11 Å². The van der Waals surface area contributed by atoms with Crippen molar-refractivity contribution in [2.75, 3.05) is 0 Å². The highest BCUT2D eigenvalue weighted by atomic mass is 19.1. The van der Waals surface area contributed by atoms with Crippen molar-refractivity contribution in [2.45, 2.75) is 26.2 Å². The number of aryl methyl sites for hydroxylation is 1. The summed E-state index contributed by atoms with van der Waals surface area (Å²) in [6, 6.07) is 2.39. The van der Waals surface area contributed by atoms with E-state index in [1.165, 1.54) is 13.0 Å². The highest BCUT2D eigenvalue weighted by Gasteiger charge is 2.25. The van der Waals surface area contributed by atoms with Crippen molar-refractivity contribution in [2.24, 2.45) is 0 Å². The molecule has 0 radical (unpaired) electrons. The topological polar surface area (TPSA) is 37.3 Å². The molecule has 1 aromatic rings. The Labute approximate surface area is 86.5 Å². The molecule has 2 nitrogen and oxygen atoms in total. The van der Waals surface area contributed by atoms with Crippen LogP contribution in [0.25, 0.3) is 0 Å². The van der Waals surface area contributed by atoms with Gasteiger partial charge >= 0.3 is 5.97 Å². The summed E-state index contributed by atoms with van der Waals surface area (Å²) in [5.74, 6) is -3.89. The smallest absolute Gasteiger partial charge is 0.311 e. The Kier molecular flexibility index (Phi) is 3.39. The third-order valence-electron chi connectivity index (χ3n) is 2.37. The zero-order chi connectivity index (χ0) is 11.6. The predicted molar refractivity (Wildman–Crippen MR) is 51.8 cm³/mol. The van der Waals surface area contributed by atoms with Crippen LogP contribution in [0.2, 0.25) is 0 Å². The van der Waals surface area contributed by atoms with Crippen molar-refractivity contribution in [3.05, 3.63) is 34.9 Å². The molecule has 1 N–H and O–H groups in total. The van der Waals surface area contributed by atoms with Crippen molar-refractivity contribution in [3.8, 4) is 0 Å². The third kappa shape index (κ3) is 2.14. The Morgan fingerprint density at radius 2 is 2.07 bits per heavy atom. The second-order valence-electron chi connectivity index (χ2n) is 3.39. The van der Waals surface area contributed by atoms with Crippen LogP contribution in [0.1, 0.15) is 30.4 Å². The largest absolute Gasteiger partial charge is 0.481 e. The van der Waals surface area contributed by atoms with E-state index in [2.05, 4.69) is 0 Å². The first kappa shape index (κ1) is 11.6. The minimum Gasteiger partial charge on any atom is -0.481 e. The molecular formula is C11H12F2O2. The van der Waals surface area contributed by atoms with Crippen LogP contribution in [0, 0.1) is 18.6 Å². The second kappa shape index (κ2) is 4.38. The third-order valence-corrected chi connectivity index (χ3v) is 2.37. The number of hydrogen-bond donors (Lipinski definition) is 1. The molecule has 0 spiro atoms. The van der Waals surface area contributed by atoms with E-state index >= 15 is 0 Å². The zero-order valence-electron chi connectivity index (χ0n) is 8.55. The SMILES string of the molecule is CCC(C(=O)O)c1c(F)ccc(C)c1F. The van der Waals surface area contributed by atoms with Gasteiger partial charge in [-0.25, -0.2) is 8.78 Å². The van der Waals surface area contributed by atoms with Crippen molar-refractivity contribution in [1.29, 1.82) is 0 Å². The maximum absolute atomic E-state index is 13.6. The van der Waals surface area contributed by atoms with E-state index in [-0.39, 0.29) is 17.5 Å². The van der Waals surface area contributed by atoms with Crippen LogP contribution in [0.5, 0.6) is 0 Å². The maximum atomic E-state index is 13.6. The minimum absolute atomic E-state index is 0.159. The highest BCUT2D eigenvalue weighted by molar-refractivity contribution is 5.76. The number of rotatable bonds is 3. The average molecular weight is 214 g/mol. The molecule has 0 fully saturated rings. The van der Waals surface area contributed by atoms with Gasteiger partial charge in [0, 0.05) is 5.56 Å². The monoisotopic (exact) mass is 214 g/mol. The first-order chi connectivity index (χ1) is 6.99. The number of halogens is 2. The molecule has 15 heavy (non-hydrogen) atoms. The van der Waals surface area contributed by atoms with Crippen LogP contribution in [0.4, 0.5) is 8.78 Å². The van der Waals surface area contributed by atoms with Crippen molar-refractivity contribution in [3.63, 3.8) is 0 Å².